The smallest absolute Gasteiger partial charge is 0.276 e. The maximum Gasteiger partial charge on any atom is 0.276 e. The number of nitrogens with zero attached hydrogens (tertiary/aromatic N) is 2. The molecule has 0 unspecified atom stereocenters. The number of thioether (sulfide) groups is 1. The Labute approximate surface area is 152 Å². The highest BCUT2D eigenvalue weighted by Gasteiger charge is 2.29. The Hall–Kier alpha value is -1.54. The van der Waals surface area contributed by atoms with Gasteiger partial charge in [-0.2, -0.15) is 0 Å². The Bertz CT molecular complexity index is 813. The summed E-state index contributed by atoms with van der Waals surface area (Å²) >= 11 is 1.44. The van der Waals surface area contributed by atoms with Crippen molar-refractivity contribution in [1.29, 1.82) is 0 Å². The van der Waals surface area contributed by atoms with Gasteiger partial charge in [0, 0.05) is 12.2 Å². The average Bonchev–Trinajstić information content (AvgIpc) is 3.09. The lowest BCUT2D eigenvalue weighted by atomic mass is 10.1. The van der Waals surface area contributed by atoms with Crippen molar-refractivity contribution >= 4 is 21.6 Å². The molecule has 6 nitrogen and oxygen atoms in total. The molecule has 3 rings (SSSR count). The molecule has 1 aliphatic rings. The first-order valence-corrected chi connectivity index (χ1v) is 11.1. The van der Waals surface area contributed by atoms with Crippen LogP contribution in [0.15, 0.2) is 27.8 Å². The topological polar surface area (TPSA) is 82.3 Å². The molecule has 1 aromatic carbocycles. The van der Waals surface area contributed by atoms with Crippen LogP contribution in [0.2, 0.25) is 0 Å². The fraction of sp³-hybridized carbons (Fsp3) is 0.529. The van der Waals surface area contributed by atoms with E-state index in [1.165, 1.54) is 22.9 Å². The summed E-state index contributed by atoms with van der Waals surface area (Å²) in [6.07, 6.45) is 1.21. The first-order chi connectivity index (χ1) is 11.9. The summed E-state index contributed by atoms with van der Waals surface area (Å²) in [5.74, 6) is 2.67. The van der Waals surface area contributed by atoms with Gasteiger partial charge in [0.2, 0.25) is 5.89 Å². The van der Waals surface area contributed by atoms with Crippen molar-refractivity contribution in [2.75, 3.05) is 23.9 Å². The van der Waals surface area contributed by atoms with Crippen LogP contribution in [0.4, 0.5) is 0 Å². The van der Waals surface area contributed by atoms with Gasteiger partial charge in [0.05, 0.1) is 18.1 Å². The number of aryl methyl sites for hydroxylation is 2. The third-order valence-corrected chi connectivity index (χ3v) is 6.63. The molecule has 1 saturated heterocycles. The zero-order chi connectivity index (χ0) is 17.9. The molecule has 1 aliphatic heterocycles. The Balaban J connectivity index is 1.43. The molecule has 0 aliphatic carbocycles. The van der Waals surface area contributed by atoms with Crippen LogP contribution in [0.3, 0.4) is 0 Å². The maximum absolute atomic E-state index is 11.5. The van der Waals surface area contributed by atoms with Gasteiger partial charge in [0.15, 0.2) is 9.84 Å². The lowest BCUT2D eigenvalue weighted by molar-refractivity contribution is 0.342. The number of aromatic nitrogens is 2. The molecule has 0 radical (unpaired) electrons. The van der Waals surface area contributed by atoms with Crippen molar-refractivity contribution < 1.29 is 17.6 Å². The standard InChI is InChI=1S/C17H22N2O4S2/c1-12-7-13(2)9-15(8-12)22-4-5-24-17-19-18-16(23-17)10-14-3-6-25(20,21)11-14/h7-9,14H,3-6,10-11H2,1-2H3/t14-/m1/s1. The van der Waals surface area contributed by atoms with Crippen LogP contribution in [0, 0.1) is 19.8 Å². The van der Waals surface area contributed by atoms with Gasteiger partial charge in [-0.15, -0.1) is 10.2 Å². The highest BCUT2D eigenvalue weighted by molar-refractivity contribution is 7.99. The quantitative estimate of drug-likeness (QED) is 0.538. The molecule has 0 bridgehead atoms. The molecule has 136 valence electrons. The van der Waals surface area contributed by atoms with Crippen molar-refractivity contribution in [3.8, 4) is 5.75 Å². The van der Waals surface area contributed by atoms with Crippen LogP contribution in [0.5, 0.6) is 5.75 Å². The summed E-state index contributed by atoms with van der Waals surface area (Å²) in [5.41, 5.74) is 2.36. The minimum Gasteiger partial charge on any atom is -0.493 e. The summed E-state index contributed by atoms with van der Waals surface area (Å²) in [7, 11) is -2.87. The van der Waals surface area contributed by atoms with Crippen LogP contribution in [0.25, 0.3) is 0 Å². The Morgan fingerprint density at radius 3 is 2.68 bits per heavy atom. The number of benzene rings is 1. The molecule has 1 fully saturated rings. The second-order valence-electron chi connectivity index (χ2n) is 6.46. The molecule has 0 saturated carbocycles. The molecule has 0 spiro atoms. The largest absolute Gasteiger partial charge is 0.493 e. The van der Waals surface area contributed by atoms with E-state index < -0.39 is 9.84 Å². The fourth-order valence-corrected chi connectivity index (χ4v) is 5.42. The molecular formula is C17H22N2O4S2. The van der Waals surface area contributed by atoms with Crippen molar-refractivity contribution in [2.24, 2.45) is 5.92 Å². The van der Waals surface area contributed by atoms with E-state index in [1.54, 1.807) is 0 Å². The van der Waals surface area contributed by atoms with Crippen molar-refractivity contribution in [3.63, 3.8) is 0 Å². The van der Waals surface area contributed by atoms with Crippen molar-refractivity contribution in [1.82, 2.24) is 10.2 Å². The molecule has 25 heavy (non-hydrogen) atoms. The number of sulfone groups is 1. The summed E-state index contributed by atoms with van der Waals surface area (Å²) in [6, 6.07) is 6.13. The van der Waals surface area contributed by atoms with Crippen LogP contribution < -0.4 is 4.74 Å². The average molecular weight is 383 g/mol. The number of hydrogen-bond acceptors (Lipinski definition) is 7. The molecule has 8 heteroatoms. The van der Waals surface area contributed by atoms with Crippen LogP contribution in [-0.2, 0) is 16.3 Å². The zero-order valence-corrected chi connectivity index (χ0v) is 16.0. The molecule has 1 atom stereocenters. The predicted molar refractivity (Wildman–Crippen MR) is 96.9 cm³/mol. The molecule has 0 N–H and O–H groups in total. The monoisotopic (exact) mass is 382 g/mol. The first-order valence-electron chi connectivity index (χ1n) is 8.26. The van der Waals surface area contributed by atoms with Crippen LogP contribution >= 0.6 is 11.8 Å². The van der Waals surface area contributed by atoms with E-state index in [1.807, 2.05) is 26.0 Å². The van der Waals surface area contributed by atoms with Gasteiger partial charge in [-0.3, -0.25) is 0 Å². The van der Waals surface area contributed by atoms with E-state index in [0.717, 1.165) is 5.75 Å². The summed E-state index contributed by atoms with van der Waals surface area (Å²) in [4.78, 5) is 0. The highest BCUT2D eigenvalue weighted by Crippen LogP contribution is 2.24. The highest BCUT2D eigenvalue weighted by atomic mass is 32.2. The lowest BCUT2D eigenvalue weighted by Gasteiger charge is -2.07. The summed E-state index contributed by atoms with van der Waals surface area (Å²) < 4.78 is 34.3. The van der Waals surface area contributed by atoms with Gasteiger partial charge < -0.3 is 9.15 Å². The van der Waals surface area contributed by atoms with Crippen molar-refractivity contribution in [2.45, 2.75) is 31.9 Å². The SMILES string of the molecule is Cc1cc(C)cc(OCCSc2nnc(C[C@H]3CCS(=O)(=O)C3)o2)c1. The normalized spacial score (nSPS) is 19.2. The molecule has 0 amide bonds. The van der Waals surface area contributed by atoms with Crippen LogP contribution in [-0.4, -0.2) is 42.5 Å². The predicted octanol–water partition coefficient (Wildman–Crippen LogP) is 2.83. The molecular weight excluding hydrogens is 360 g/mol. The van der Waals surface area contributed by atoms with Gasteiger partial charge in [-0.1, -0.05) is 17.8 Å². The maximum atomic E-state index is 11.5. The third-order valence-electron chi connectivity index (χ3n) is 4.01. The molecule has 1 aromatic heterocycles. The van der Waals surface area contributed by atoms with E-state index in [2.05, 4.69) is 16.3 Å². The van der Waals surface area contributed by atoms with Gasteiger partial charge in [-0.05, 0) is 49.4 Å². The Morgan fingerprint density at radius 2 is 2.00 bits per heavy atom. The van der Waals surface area contributed by atoms with E-state index in [-0.39, 0.29) is 17.4 Å². The minimum absolute atomic E-state index is 0.0937. The first kappa shape index (κ1) is 18.3. The summed E-state index contributed by atoms with van der Waals surface area (Å²) in [6.45, 7) is 4.64. The zero-order valence-electron chi connectivity index (χ0n) is 14.4. The Morgan fingerprint density at radius 1 is 1.24 bits per heavy atom. The van der Waals surface area contributed by atoms with E-state index in [4.69, 9.17) is 9.15 Å². The lowest BCUT2D eigenvalue weighted by Crippen LogP contribution is -2.07. The minimum atomic E-state index is -2.87. The van der Waals surface area contributed by atoms with Crippen LogP contribution in [0.1, 0.15) is 23.4 Å². The van der Waals surface area contributed by atoms with Crippen molar-refractivity contribution in [3.05, 3.63) is 35.2 Å². The second kappa shape index (κ2) is 7.78. The number of ether oxygens (including phenoxy) is 1. The fourth-order valence-electron chi connectivity index (χ4n) is 2.96. The van der Waals surface area contributed by atoms with E-state index >= 15 is 0 Å². The van der Waals surface area contributed by atoms with Gasteiger partial charge in [0.1, 0.15) is 5.75 Å². The summed E-state index contributed by atoms with van der Waals surface area (Å²) in [5, 5.41) is 8.52. The van der Waals surface area contributed by atoms with Gasteiger partial charge in [0.25, 0.3) is 5.22 Å². The van der Waals surface area contributed by atoms with E-state index in [9.17, 15) is 8.42 Å². The third kappa shape index (κ3) is 5.47. The van der Waals surface area contributed by atoms with Gasteiger partial charge >= 0.3 is 0 Å². The molecule has 2 heterocycles. The second-order valence-corrected chi connectivity index (χ2v) is 9.73. The Kier molecular flexibility index (Phi) is 5.68. The molecule has 2 aromatic rings. The number of hydrogen-bond donors (Lipinski definition) is 0. The van der Waals surface area contributed by atoms with Gasteiger partial charge in [-0.25, -0.2) is 8.42 Å². The number of rotatable bonds is 7. The van der Waals surface area contributed by atoms with E-state index in [0.29, 0.717) is 36.3 Å².